The molecule has 0 aromatic carbocycles. The van der Waals surface area contributed by atoms with Crippen molar-refractivity contribution >= 4 is 5.91 Å². The van der Waals surface area contributed by atoms with Crippen LogP contribution in [0, 0.1) is 0 Å². The lowest BCUT2D eigenvalue weighted by atomic mass is 10.2. The van der Waals surface area contributed by atoms with E-state index in [-0.39, 0.29) is 24.7 Å². The summed E-state index contributed by atoms with van der Waals surface area (Å²) in [5, 5.41) is 9.17. The molecule has 2 atom stereocenters. The van der Waals surface area contributed by atoms with Gasteiger partial charge in [0, 0.05) is 25.7 Å². The molecular formula is C14H26N2O3. The SMILES string of the molecule is CC1COC(CO)CN1CC(=O)N1CCCCCC1. The molecule has 110 valence electrons. The van der Waals surface area contributed by atoms with Crippen molar-refractivity contribution in [3.63, 3.8) is 0 Å². The number of aliphatic hydroxyl groups is 1. The Bertz CT molecular complexity index is 290. The van der Waals surface area contributed by atoms with Gasteiger partial charge in [-0.25, -0.2) is 0 Å². The second kappa shape index (κ2) is 7.22. The number of likely N-dealkylation sites (tertiary alicyclic amines) is 1. The van der Waals surface area contributed by atoms with Crippen molar-refractivity contribution in [3.8, 4) is 0 Å². The lowest BCUT2D eigenvalue weighted by Crippen LogP contribution is -2.53. The van der Waals surface area contributed by atoms with Gasteiger partial charge < -0.3 is 14.7 Å². The van der Waals surface area contributed by atoms with Crippen LogP contribution in [0.5, 0.6) is 0 Å². The fourth-order valence-corrected chi connectivity index (χ4v) is 2.80. The highest BCUT2D eigenvalue weighted by atomic mass is 16.5. The summed E-state index contributed by atoms with van der Waals surface area (Å²) in [7, 11) is 0. The van der Waals surface area contributed by atoms with Gasteiger partial charge >= 0.3 is 0 Å². The maximum absolute atomic E-state index is 12.3. The molecule has 0 saturated carbocycles. The third kappa shape index (κ3) is 4.16. The monoisotopic (exact) mass is 270 g/mol. The van der Waals surface area contributed by atoms with E-state index in [1.807, 2.05) is 4.90 Å². The van der Waals surface area contributed by atoms with Gasteiger partial charge in [-0.2, -0.15) is 0 Å². The van der Waals surface area contributed by atoms with Gasteiger partial charge in [-0.05, 0) is 19.8 Å². The van der Waals surface area contributed by atoms with E-state index in [1.54, 1.807) is 0 Å². The molecule has 2 heterocycles. The highest BCUT2D eigenvalue weighted by Crippen LogP contribution is 2.14. The number of rotatable bonds is 3. The van der Waals surface area contributed by atoms with Crippen molar-refractivity contribution in [3.05, 3.63) is 0 Å². The fraction of sp³-hybridized carbons (Fsp3) is 0.929. The van der Waals surface area contributed by atoms with Gasteiger partial charge in [0.1, 0.15) is 0 Å². The third-order valence-electron chi connectivity index (χ3n) is 4.14. The maximum atomic E-state index is 12.3. The fourth-order valence-electron chi connectivity index (χ4n) is 2.80. The zero-order valence-corrected chi connectivity index (χ0v) is 11.9. The van der Waals surface area contributed by atoms with E-state index in [4.69, 9.17) is 9.84 Å². The molecule has 2 aliphatic heterocycles. The normalized spacial score (nSPS) is 30.1. The van der Waals surface area contributed by atoms with Crippen molar-refractivity contribution in [1.82, 2.24) is 9.80 Å². The molecule has 1 N–H and O–H groups in total. The molecule has 5 nitrogen and oxygen atoms in total. The van der Waals surface area contributed by atoms with Gasteiger partial charge in [-0.15, -0.1) is 0 Å². The summed E-state index contributed by atoms with van der Waals surface area (Å²) in [6.07, 6.45) is 4.59. The molecule has 19 heavy (non-hydrogen) atoms. The number of aliphatic hydroxyl groups excluding tert-OH is 1. The largest absolute Gasteiger partial charge is 0.394 e. The first-order valence-electron chi connectivity index (χ1n) is 7.45. The first-order chi connectivity index (χ1) is 9.20. The van der Waals surface area contributed by atoms with Gasteiger partial charge in [-0.1, -0.05) is 12.8 Å². The molecule has 0 aromatic rings. The number of ether oxygens (including phenoxy) is 1. The average molecular weight is 270 g/mol. The number of carbonyl (C=O) groups excluding carboxylic acids is 1. The van der Waals surface area contributed by atoms with E-state index in [9.17, 15) is 4.79 Å². The first-order valence-corrected chi connectivity index (χ1v) is 7.45. The van der Waals surface area contributed by atoms with E-state index < -0.39 is 0 Å². The number of nitrogens with zero attached hydrogens (tertiary/aromatic N) is 2. The predicted octanol–water partition coefficient (Wildman–Crippen LogP) is 0.471. The molecular weight excluding hydrogens is 244 g/mol. The average Bonchev–Trinajstić information content (AvgIpc) is 2.70. The minimum Gasteiger partial charge on any atom is -0.394 e. The van der Waals surface area contributed by atoms with Crippen molar-refractivity contribution < 1.29 is 14.6 Å². The van der Waals surface area contributed by atoms with Crippen LogP contribution in [0.15, 0.2) is 0 Å². The Morgan fingerprint density at radius 1 is 1.26 bits per heavy atom. The standard InChI is InChI=1S/C14H26N2O3/c1-12-11-19-13(10-17)8-16(12)9-14(18)15-6-4-2-3-5-7-15/h12-13,17H,2-11H2,1H3. The molecule has 0 aliphatic carbocycles. The molecule has 0 radical (unpaired) electrons. The van der Waals surface area contributed by atoms with E-state index in [0.717, 1.165) is 25.9 Å². The molecule has 0 spiro atoms. The van der Waals surface area contributed by atoms with Crippen LogP contribution in [-0.4, -0.2) is 72.4 Å². The quantitative estimate of drug-likeness (QED) is 0.810. The second-order valence-corrected chi connectivity index (χ2v) is 5.71. The number of carbonyl (C=O) groups is 1. The summed E-state index contributed by atoms with van der Waals surface area (Å²) in [5.74, 6) is 0.229. The Labute approximate surface area is 115 Å². The van der Waals surface area contributed by atoms with Crippen LogP contribution in [0.4, 0.5) is 0 Å². The molecule has 2 fully saturated rings. The zero-order valence-electron chi connectivity index (χ0n) is 11.9. The van der Waals surface area contributed by atoms with Gasteiger partial charge in [-0.3, -0.25) is 9.69 Å². The van der Waals surface area contributed by atoms with Crippen LogP contribution < -0.4 is 0 Å². The van der Waals surface area contributed by atoms with Gasteiger partial charge in [0.25, 0.3) is 0 Å². The Hall–Kier alpha value is -0.650. The second-order valence-electron chi connectivity index (χ2n) is 5.71. The molecule has 0 aromatic heterocycles. The molecule has 2 unspecified atom stereocenters. The number of hydrogen-bond donors (Lipinski definition) is 1. The molecule has 2 saturated heterocycles. The molecule has 1 amide bonds. The highest BCUT2D eigenvalue weighted by Gasteiger charge is 2.28. The summed E-state index contributed by atoms with van der Waals surface area (Å²) in [4.78, 5) is 16.5. The number of amides is 1. The minimum atomic E-state index is -0.145. The topological polar surface area (TPSA) is 53.0 Å². The zero-order chi connectivity index (χ0) is 13.7. The third-order valence-corrected chi connectivity index (χ3v) is 4.14. The van der Waals surface area contributed by atoms with Crippen molar-refractivity contribution in [1.29, 1.82) is 0 Å². The smallest absolute Gasteiger partial charge is 0.236 e. The van der Waals surface area contributed by atoms with Crippen molar-refractivity contribution in [2.24, 2.45) is 0 Å². The lowest BCUT2D eigenvalue weighted by molar-refractivity contribution is -0.137. The highest BCUT2D eigenvalue weighted by molar-refractivity contribution is 5.78. The number of hydrogen-bond acceptors (Lipinski definition) is 4. The van der Waals surface area contributed by atoms with E-state index in [0.29, 0.717) is 19.7 Å². The van der Waals surface area contributed by atoms with Crippen molar-refractivity contribution in [2.45, 2.75) is 44.8 Å². The first kappa shape index (κ1) is 14.8. The molecule has 0 bridgehead atoms. The van der Waals surface area contributed by atoms with Crippen LogP contribution in [0.1, 0.15) is 32.6 Å². The molecule has 2 rings (SSSR count). The van der Waals surface area contributed by atoms with Crippen LogP contribution >= 0.6 is 0 Å². The predicted molar refractivity (Wildman–Crippen MR) is 72.9 cm³/mol. The summed E-state index contributed by atoms with van der Waals surface area (Å²) in [6, 6.07) is 0.249. The number of morpholine rings is 1. The van der Waals surface area contributed by atoms with Gasteiger partial charge in [0.05, 0.1) is 25.9 Å². The van der Waals surface area contributed by atoms with E-state index in [2.05, 4.69) is 11.8 Å². The van der Waals surface area contributed by atoms with E-state index in [1.165, 1.54) is 12.8 Å². The Morgan fingerprint density at radius 2 is 1.95 bits per heavy atom. The maximum Gasteiger partial charge on any atom is 0.236 e. The van der Waals surface area contributed by atoms with Gasteiger partial charge in [0.2, 0.25) is 5.91 Å². The van der Waals surface area contributed by atoms with Crippen molar-refractivity contribution in [2.75, 3.05) is 39.4 Å². The molecule has 2 aliphatic rings. The Balaban J connectivity index is 1.85. The Kier molecular flexibility index (Phi) is 5.60. The lowest BCUT2D eigenvalue weighted by Gasteiger charge is -2.37. The van der Waals surface area contributed by atoms with Crippen LogP contribution in [-0.2, 0) is 9.53 Å². The van der Waals surface area contributed by atoms with Gasteiger partial charge in [0.15, 0.2) is 0 Å². The van der Waals surface area contributed by atoms with E-state index >= 15 is 0 Å². The summed E-state index contributed by atoms with van der Waals surface area (Å²) < 4.78 is 5.50. The van der Waals surface area contributed by atoms with Crippen LogP contribution in [0.25, 0.3) is 0 Å². The van der Waals surface area contributed by atoms with Crippen LogP contribution in [0.3, 0.4) is 0 Å². The Morgan fingerprint density at radius 3 is 2.58 bits per heavy atom. The summed E-state index contributed by atoms with van der Waals surface area (Å²) >= 11 is 0. The van der Waals surface area contributed by atoms with Crippen LogP contribution in [0.2, 0.25) is 0 Å². The summed E-state index contributed by atoms with van der Waals surface area (Å²) in [5.41, 5.74) is 0. The summed E-state index contributed by atoms with van der Waals surface area (Å²) in [6.45, 7) is 5.61. The minimum absolute atomic E-state index is 0.0289. The molecule has 5 heteroatoms.